The van der Waals surface area contributed by atoms with Crippen LogP contribution in [0.5, 0.6) is 0 Å². The zero-order valence-electron chi connectivity index (χ0n) is 8.90. The molecule has 5 heteroatoms. The van der Waals surface area contributed by atoms with Crippen LogP contribution in [0.2, 0.25) is 0 Å². The molecule has 0 rings (SSSR count). The van der Waals surface area contributed by atoms with Gasteiger partial charge in [0.2, 0.25) is 0 Å². The van der Waals surface area contributed by atoms with E-state index in [0.29, 0.717) is 0 Å². The van der Waals surface area contributed by atoms with Gasteiger partial charge in [0.15, 0.2) is 0 Å². The molecule has 0 aliphatic heterocycles. The van der Waals surface area contributed by atoms with Crippen molar-refractivity contribution in [1.29, 1.82) is 0 Å². The standard InChI is InChI=1S/C9H17NO4/c1-5(2)7(8(11)12)10-6(3)9(13)14-4/h5-7,10H,1-4H3,(H,11,12). The van der Waals surface area contributed by atoms with Crippen LogP contribution in [0.4, 0.5) is 0 Å². The first kappa shape index (κ1) is 12.9. The fraction of sp³-hybridized carbons (Fsp3) is 0.778. The highest BCUT2D eigenvalue weighted by Gasteiger charge is 2.25. The highest BCUT2D eigenvalue weighted by Crippen LogP contribution is 2.03. The van der Waals surface area contributed by atoms with Crippen molar-refractivity contribution in [2.45, 2.75) is 32.9 Å². The lowest BCUT2D eigenvalue weighted by molar-refractivity contribution is -0.145. The zero-order valence-corrected chi connectivity index (χ0v) is 8.90. The minimum Gasteiger partial charge on any atom is -0.480 e. The predicted octanol–water partition coefficient (Wildman–Crippen LogP) is 0.247. The summed E-state index contributed by atoms with van der Waals surface area (Å²) >= 11 is 0. The number of carboxylic acids is 1. The SMILES string of the molecule is COC(=O)C(C)NC(C(=O)O)C(C)C. The number of ether oxygens (including phenoxy) is 1. The van der Waals surface area contributed by atoms with Crippen LogP contribution in [0.15, 0.2) is 0 Å². The Kier molecular flexibility index (Phi) is 5.15. The van der Waals surface area contributed by atoms with E-state index < -0.39 is 24.0 Å². The van der Waals surface area contributed by atoms with Gasteiger partial charge in [-0.1, -0.05) is 13.8 Å². The van der Waals surface area contributed by atoms with Gasteiger partial charge in [-0.05, 0) is 12.8 Å². The van der Waals surface area contributed by atoms with E-state index in [9.17, 15) is 9.59 Å². The second-order valence-electron chi connectivity index (χ2n) is 3.47. The van der Waals surface area contributed by atoms with E-state index in [1.54, 1.807) is 20.8 Å². The normalized spacial score (nSPS) is 14.9. The van der Waals surface area contributed by atoms with Crippen LogP contribution in [0.1, 0.15) is 20.8 Å². The molecule has 5 nitrogen and oxygen atoms in total. The number of aliphatic carboxylic acids is 1. The summed E-state index contributed by atoms with van der Waals surface area (Å²) in [6, 6.07) is -1.34. The minimum atomic E-state index is -0.962. The van der Waals surface area contributed by atoms with E-state index in [4.69, 9.17) is 5.11 Å². The Morgan fingerprint density at radius 2 is 1.79 bits per heavy atom. The average molecular weight is 203 g/mol. The number of rotatable bonds is 5. The summed E-state index contributed by atoms with van der Waals surface area (Å²) in [6.45, 7) is 5.12. The molecule has 0 heterocycles. The Hall–Kier alpha value is -1.10. The van der Waals surface area contributed by atoms with Crippen molar-refractivity contribution in [2.75, 3.05) is 7.11 Å². The second kappa shape index (κ2) is 5.59. The third kappa shape index (κ3) is 3.74. The third-order valence-electron chi connectivity index (χ3n) is 1.92. The summed E-state index contributed by atoms with van der Waals surface area (Å²) in [5.74, 6) is -1.51. The van der Waals surface area contributed by atoms with Gasteiger partial charge >= 0.3 is 11.9 Å². The van der Waals surface area contributed by atoms with Crippen LogP contribution in [-0.2, 0) is 14.3 Å². The van der Waals surface area contributed by atoms with Crippen LogP contribution < -0.4 is 5.32 Å². The fourth-order valence-corrected chi connectivity index (χ4v) is 1.06. The Labute approximate surface area is 83.4 Å². The van der Waals surface area contributed by atoms with Crippen molar-refractivity contribution >= 4 is 11.9 Å². The first-order valence-electron chi connectivity index (χ1n) is 4.46. The quantitative estimate of drug-likeness (QED) is 0.626. The molecule has 2 unspecified atom stereocenters. The summed E-state index contributed by atoms with van der Waals surface area (Å²) in [7, 11) is 1.27. The summed E-state index contributed by atoms with van der Waals surface area (Å²) in [4.78, 5) is 21.8. The number of carboxylic acid groups (broad SMARTS) is 1. The number of nitrogens with one attached hydrogen (secondary N) is 1. The lowest BCUT2D eigenvalue weighted by Gasteiger charge is -2.21. The van der Waals surface area contributed by atoms with Crippen molar-refractivity contribution in [3.8, 4) is 0 Å². The lowest BCUT2D eigenvalue weighted by atomic mass is 10.0. The lowest BCUT2D eigenvalue weighted by Crippen LogP contribution is -2.48. The number of carbonyl (C=O) groups is 2. The Balaban J connectivity index is 4.30. The molecule has 14 heavy (non-hydrogen) atoms. The van der Waals surface area contributed by atoms with Crippen molar-refractivity contribution in [2.24, 2.45) is 5.92 Å². The fourth-order valence-electron chi connectivity index (χ4n) is 1.06. The van der Waals surface area contributed by atoms with Gasteiger partial charge in [-0.25, -0.2) is 0 Å². The minimum absolute atomic E-state index is 0.0837. The van der Waals surface area contributed by atoms with Gasteiger partial charge < -0.3 is 9.84 Å². The van der Waals surface area contributed by atoms with Gasteiger partial charge in [0.25, 0.3) is 0 Å². The van der Waals surface area contributed by atoms with Crippen LogP contribution in [0.25, 0.3) is 0 Å². The molecule has 0 aliphatic rings. The number of hydrogen-bond donors (Lipinski definition) is 2. The van der Waals surface area contributed by atoms with E-state index in [2.05, 4.69) is 10.1 Å². The predicted molar refractivity (Wildman–Crippen MR) is 50.9 cm³/mol. The molecule has 0 bridgehead atoms. The van der Waals surface area contributed by atoms with Gasteiger partial charge in [-0.2, -0.15) is 0 Å². The van der Waals surface area contributed by atoms with Gasteiger partial charge in [-0.15, -0.1) is 0 Å². The number of carbonyl (C=O) groups excluding carboxylic acids is 1. The van der Waals surface area contributed by atoms with Crippen LogP contribution >= 0.6 is 0 Å². The van der Waals surface area contributed by atoms with E-state index in [-0.39, 0.29) is 5.92 Å². The molecule has 0 radical (unpaired) electrons. The Morgan fingerprint density at radius 1 is 1.29 bits per heavy atom. The highest BCUT2D eigenvalue weighted by atomic mass is 16.5. The summed E-state index contributed by atoms with van der Waals surface area (Å²) in [5, 5.41) is 11.5. The van der Waals surface area contributed by atoms with Gasteiger partial charge in [-0.3, -0.25) is 14.9 Å². The first-order chi connectivity index (χ1) is 6.40. The molecule has 0 aromatic rings. The topological polar surface area (TPSA) is 75.6 Å². The summed E-state index contributed by atoms with van der Waals surface area (Å²) in [6.07, 6.45) is 0. The number of methoxy groups -OCH3 is 1. The van der Waals surface area contributed by atoms with E-state index in [0.717, 1.165) is 0 Å². The van der Waals surface area contributed by atoms with Crippen LogP contribution in [0, 0.1) is 5.92 Å². The Bertz CT molecular complexity index is 215. The van der Waals surface area contributed by atoms with Crippen LogP contribution in [0.3, 0.4) is 0 Å². The molecular formula is C9H17NO4. The van der Waals surface area contributed by atoms with E-state index in [1.807, 2.05) is 0 Å². The highest BCUT2D eigenvalue weighted by molar-refractivity contribution is 5.78. The average Bonchev–Trinajstić information content (AvgIpc) is 2.11. The Morgan fingerprint density at radius 3 is 2.07 bits per heavy atom. The molecule has 82 valence electrons. The van der Waals surface area contributed by atoms with Crippen molar-refractivity contribution in [1.82, 2.24) is 5.32 Å². The third-order valence-corrected chi connectivity index (χ3v) is 1.92. The van der Waals surface area contributed by atoms with E-state index >= 15 is 0 Å². The molecule has 0 fully saturated rings. The van der Waals surface area contributed by atoms with Crippen molar-refractivity contribution < 1.29 is 19.4 Å². The largest absolute Gasteiger partial charge is 0.480 e. The number of esters is 1. The second-order valence-corrected chi connectivity index (χ2v) is 3.47. The molecule has 0 spiro atoms. The van der Waals surface area contributed by atoms with Crippen molar-refractivity contribution in [3.63, 3.8) is 0 Å². The number of hydrogen-bond acceptors (Lipinski definition) is 4. The summed E-state index contributed by atoms with van der Waals surface area (Å²) < 4.78 is 4.48. The maximum Gasteiger partial charge on any atom is 0.322 e. The molecule has 2 atom stereocenters. The van der Waals surface area contributed by atoms with Gasteiger partial charge in [0.05, 0.1) is 7.11 Å². The maximum absolute atomic E-state index is 11.0. The molecule has 0 saturated carbocycles. The molecule has 0 aromatic heterocycles. The molecule has 0 aliphatic carbocycles. The zero-order chi connectivity index (χ0) is 11.3. The molecule has 0 saturated heterocycles. The molecule has 2 N–H and O–H groups in total. The van der Waals surface area contributed by atoms with Crippen LogP contribution in [-0.4, -0.2) is 36.2 Å². The molecule has 0 amide bonds. The molecule has 0 aromatic carbocycles. The van der Waals surface area contributed by atoms with Gasteiger partial charge in [0.1, 0.15) is 12.1 Å². The van der Waals surface area contributed by atoms with Gasteiger partial charge in [0, 0.05) is 0 Å². The monoisotopic (exact) mass is 203 g/mol. The first-order valence-corrected chi connectivity index (χ1v) is 4.46. The van der Waals surface area contributed by atoms with E-state index in [1.165, 1.54) is 7.11 Å². The smallest absolute Gasteiger partial charge is 0.322 e. The van der Waals surface area contributed by atoms with Crippen molar-refractivity contribution in [3.05, 3.63) is 0 Å². The maximum atomic E-state index is 11.0. The summed E-state index contributed by atoms with van der Waals surface area (Å²) in [5.41, 5.74) is 0. The molecular weight excluding hydrogens is 186 g/mol.